The van der Waals surface area contributed by atoms with E-state index in [1.807, 2.05) is 0 Å². The number of aliphatic hydroxyl groups is 1. The third-order valence-electron chi connectivity index (χ3n) is 4.33. The van der Waals surface area contributed by atoms with Crippen molar-refractivity contribution in [2.45, 2.75) is 25.4 Å². The van der Waals surface area contributed by atoms with Gasteiger partial charge in [-0.2, -0.15) is 0 Å². The quantitative estimate of drug-likeness (QED) is 0.818. The second kappa shape index (κ2) is 7.09. The van der Waals surface area contributed by atoms with Crippen molar-refractivity contribution in [3.8, 4) is 0 Å². The zero-order chi connectivity index (χ0) is 14.7. The number of aliphatic hydroxyl groups excluding tert-OH is 1. The minimum Gasteiger partial charge on any atom is -0.395 e. The summed E-state index contributed by atoms with van der Waals surface area (Å²) >= 11 is 3.59. The Hall–Kier alpha value is -0.620. The van der Waals surface area contributed by atoms with E-state index in [9.17, 15) is 0 Å². The van der Waals surface area contributed by atoms with Gasteiger partial charge in [-0.1, -0.05) is 15.9 Å². The SMILES string of the molecule is OCCN1CCN(c2ccc(Br)cc2CNC2CC2)CC1. The van der Waals surface area contributed by atoms with Gasteiger partial charge < -0.3 is 15.3 Å². The summed E-state index contributed by atoms with van der Waals surface area (Å²) in [6.07, 6.45) is 2.65. The number of nitrogens with one attached hydrogen (secondary N) is 1. The summed E-state index contributed by atoms with van der Waals surface area (Å²) in [5, 5.41) is 12.7. The molecule has 1 heterocycles. The van der Waals surface area contributed by atoms with Gasteiger partial charge in [-0.3, -0.25) is 4.90 Å². The van der Waals surface area contributed by atoms with Crippen LogP contribution in [0.5, 0.6) is 0 Å². The molecule has 0 aromatic heterocycles. The summed E-state index contributed by atoms with van der Waals surface area (Å²) in [6.45, 7) is 6.16. The molecule has 1 aliphatic carbocycles. The van der Waals surface area contributed by atoms with Crippen molar-refractivity contribution >= 4 is 21.6 Å². The van der Waals surface area contributed by atoms with Crippen LogP contribution in [-0.4, -0.2) is 55.4 Å². The second-order valence-electron chi connectivity index (χ2n) is 5.98. The summed E-state index contributed by atoms with van der Waals surface area (Å²) in [5.41, 5.74) is 2.74. The smallest absolute Gasteiger partial charge is 0.0558 e. The molecule has 1 aromatic carbocycles. The van der Waals surface area contributed by atoms with Gasteiger partial charge in [-0.15, -0.1) is 0 Å². The zero-order valence-electron chi connectivity index (χ0n) is 12.4. The maximum Gasteiger partial charge on any atom is 0.0558 e. The Morgan fingerprint density at radius 2 is 1.95 bits per heavy atom. The van der Waals surface area contributed by atoms with Gasteiger partial charge >= 0.3 is 0 Å². The first-order chi connectivity index (χ1) is 10.3. The van der Waals surface area contributed by atoms with Crippen LogP contribution in [-0.2, 0) is 6.54 Å². The van der Waals surface area contributed by atoms with Crippen molar-refractivity contribution in [3.63, 3.8) is 0 Å². The minimum absolute atomic E-state index is 0.259. The molecule has 0 atom stereocenters. The Bertz CT molecular complexity index is 471. The van der Waals surface area contributed by atoms with E-state index in [2.05, 4.69) is 49.2 Å². The Balaban J connectivity index is 1.66. The van der Waals surface area contributed by atoms with Crippen LogP contribution >= 0.6 is 15.9 Å². The molecule has 1 saturated heterocycles. The highest BCUT2D eigenvalue weighted by Gasteiger charge is 2.22. The first-order valence-electron chi connectivity index (χ1n) is 7.86. The maximum atomic E-state index is 9.04. The van der Waals surface area contributed by atoms with E-state index >= 15 is 0 Å². The molecule has 4 nitrogen and oxygen atoms in total. The van der Waals surface area contributed by atoms with E-state index in [1.165, 1.54) is 24.1 Å². The van der Waals surface area contributed by atoms with E-state index in [0.29, 0.717) is 0 Å². The van der Waals surface area contributed by atoms with Crippen LogP contribution in [0.2, 0.25) is 0 Å². The molecule has 0 radical (unpaired) electrons. The molecular weight excluding hydrogens is 330 g/mol. The third kappa shape index (κ3) is 4.19. The van der Waals surface area contributed by atoms with Crippen molar-refractivity contribution in [2.24, 2.45) is 0 Å². The maximum absolute atomic E-state index is 9.04. The van der Waals surface area contributed by atoms with Gasteiger partial charge in [0.2, 0.25) is 0 Å². The fourth-order valence-electron chi connectivity index (χ4n) is 2.90. The number of halogens is 1. The van der Waals surface area contributed by atoms with Crippen LogP contribution in [0.3, 0.4) is 0 Å². The Morgan fingerprint density at radius 1 is 1.19 bits per heavy atom. The standard InChI is InChI=1S/C16H24BrN3O/c17-14-1-4-16(13(11-14)12-18-15-2-3-15)20-7-5-19(6-8-20)9-10-21/h1,4,11,15,18,21H,2-3,5-10,12H2. The monoisotopic (exact) mass is 353 g/mol. The van der Waals surface area contributed by atoms with Crippen LogP contribution in [0.4, 0.5) is 5.69 Å². The topological polar surface area (TPSA) is 38.7 Å². The van der Waals surface area contributed by atoms with Gasteiger partial charge in [0.15, 0.2) is 0 Å². The first-order valence-corrected chi connectivity index (χ1v) is 8.65. The lowest BCUT2D eigenvalue weighted by Crippen LogP contribution is -2.47. The molecule has 1 aromatic rings. The molecule has 0 amide bonds. The Morgan fingerprint density at radius 3 is 2.62 bits per heavy atom. The second-order valence-corrected chi connectivity index (χ2v) is 6.90. The van der Waals surface area contributed by atoms with E-state index in [4.69, 9.17) is 5.11 Å². The van der Waals surface area contributed by atoms with E-state index in [0.717, 1.165) is 49.8 Å². The highest BCUT2D eigenvalue weighted by atomic mass is 79.9. The molecule has 0 bridgehead atoms. The van der Waals surface area contributed by atoms with Crippen molar-refractivity contribution in [1.29, 1.82) is 0 Å². The van der Waals surface area contributed by atoms with Gasteiger partial charge in [0.25, 0.3) is 0 Å². The molecule has 0 unspecified atom stereocenters. The summed E-state index contributed by atoms with van der Waals surface area (Å²) in [7, 11) is 0. The predicted molar refractivity (Wildman–Crippen MR) is 89.7 cm³/mol. The number of benzene rings is 1. The minimum atomic E-state index is 0.259. The number of hydrogen-bond acceptors (Lipinski definition) is 4. The number of rotatable bonds is 6. The molecule has 1 saturated carbocycles. The van der Waals surface area contributed by atoms with Gasteiger partial charge in [0, 0.05) is 55.5 Å². The van der Waals surface area contributed by atoms with Crippen LogP contribution < -0.4 is 10.2 Å². The van der Waals surface area contributed by atoms with Crippen molar-refractivity contribution in [3.05, 3.63) is 28.2 Å². The highest BCUT2D eigenvalue weighted by molar-refractivity contribution is 9.10. The van der Waals surface area contributed by atoms with Crippen LogP contribution in [0, 0.1) is 0 Å². The van der Waals surface area contributed by atoms with Crippen molar-refractivity contribution < 1.29 is 5.11 Å². The highest BCUT2D eigenvalue weighted by Crippen LogP contribution is 2.27. The third-order valence-corrected chi connectivity index (χ3v) is 4.82. The zero-order valence-corrected chi connectivity index (χ0v) is 14.0. The fraction of sp³-hybridized carbons (Fsp3) is 0.625. The lowest BCUT2D eigenvalue weighted by Gasteiger charge is -2.36. The number of nitrogens with zero attached hydrogens (tertiary/aromatic N) is 2. The summed E-state index contributed by atoms with van der Waals surface area (Å²) < 4.78 is 1.15. The molecule has 5 heteroatoms. The van der Waals surface area contributed by atoms with Gasteiger partial charge in [0.1, 0.15) is 0 Å². The van der Waals surface area contributed by atoms with Crippen LogP contribution in [0.1, 0.15) is 18.4 Å². The molecule has 3 rings (SSSR count). The summed E-state index contributed by atoms with van der Waals surface area (Å²) in [5.74, 6) is 0. The van der Waals surface area contributed by atoms with E-state index < -0.39 is 0 Å². The normalized spacial score (nSPS) is 20.0. The largest absolute Gasteiger partial charge is 0.395 e. The molecule has 0 spiro atoms. The molecule has 2 fully saturated rings. The van der Waals surface area contributed by atoms with Crippen molar-refractivity contribution in [2.75, 3.05) is 44.2 Å². The summed E-state index contributed by atoms with van der Waals surface area (Å²) in [4.78, 5) is 4.81. The number of anilines is 1. The number of piperazine rings is 1. The Labute approximate surface area is 135 Å². The lowest BCUT2D eigenvalue weighted by molar-refractivity contribution is 0.188. The number of β-amino-alcohol motifs (C(OH)–C–C–N with tert-alkyl or cyclic N) is 1. The molecule has 116 valence electrons. The molecule has 2 aliphatic rings. The lowest BCUT2D eigenvalue weighted by atomic mass is 10.1. The average Bonchev–Trinajstić information content (AvgIpc) is 3.31. The molecule has 2 N–H and O–H groups in total. The van der Waals surface area contributed by atoms with Crippen LogP contribution in [0.25, 0.3) is 0 Å². The van der Waals surface area contributed by atoms with Gasteiger partial charge in [-0.05, 0) is 36.6 Å². The number of hydrogen-bond donors (Lipinski definition) is 2. The van der Waals surface area contributed by atoms with Gasteiger partial charge in [-0.25, -0.2) is 0 Å². The summed E-state index contributed by atoms with van der Waals surface area (Å²) in [6, 6.07) is 7.34. The Kier molecular flexibility index (Phi) is 5.16. The average molecular weight is 354 g/mol. The predicted octanol–water partition coefficient (Wildman–Crippen LogP) is 1.82. The van der Waals surface area contributed by atoms with E-state index in [-0.39, 0.29) is 6.61 Å². The van der Waals surface area contributed by atoms with Crippen LogP contribution in [0.15, 0.2) is 22.7 Å². The fourth-order valence-corrected chi connectivity index (χ4v) is 3.31. The van der Waals surface area contributed by atoms with E-state index in [1.54, 1.807) is 0 Å². The molecule has 1 aliphatic heterocycles. The molecule has 21 heavy (non-hydrogen) atoms. The molecular formula is C16H24BrN3O. The van der Waals surface area contributed by atoms with Gasteiger partial charge in [0.05, 0.1) is 6.61 Å². The first kappa shape index (κ1) is 15.3. The van der Waals surface area contributed by atoms with Crippen molar-refractivity contribution in [1.82, 2.24) is 10.2 Å².